The average Bonchev–Trinajstić information content (AvgIpc) is 2.86. The Bertz CT molecular complexity index is 901. The van der Waals surface area contributed by atoms with Crippen LogP contribution in [0.5, 0.6) is 0 Å². The van der Waals surface area contributed by atoms with Crippen LogP contribution in [0.4, 0.5) is 0 Å². The van der Waals surface area contributed by atoms with Gasteiger partial charge in [0.05, 0.1) is 0 Å². The maximum absolute atomic E-state index is 13.8. The summed E-state index contributed by atoms with van der Waals surface area (Å²) < 4.78 is 14.8. The van der Waals surface area contributed by atoms with E-state index >= 15 is 0 Å². The molecule has 4 rings (SSSR count). The molecule has 1 heterocycles. The highest BCUT2D eigenvalue weighted by molar-refractivity contribution is 9.10. The maximum Gasteiger partial charge on any atom is 0.144 e. The van der Waals surface area contributed by atoms with Crippen LogP contribution in [0.25, 0.3) is 10.8 Å². The molecule has 0 saturated heterocycles. The minimum atomic E-state index is -2.51. The van der Waals surface area contributed by atoms with Gasteiger partial charge >= 0.3 is 0 Å². The standard InChI is InChI=1S/C18H14BrOP/c19-15-5-3-6-16(12-15)21(20)11-10-14-9-8-13-4-1-2-7-17(13)18(14)21/h1-9,12H,10-11H2. The Morgan fingerprint density at radius 1 is 0.952 bits per heavy atom. The van der Waals surface area contributed by atoms with Crippen molar-refractivity contribution in [3.63, 3.8) is 0 Å². The molecule has 0 fully saturated rings. The van der Waals surface area contributed by atoms with Crippen LogP contribution in [0.2, 0.25) is 0 Å². The molecular formula is C18H14BrOP. The highest BCUT2D eigenvalue weighted by atomic mass is 79.9. The van der Waals surface area contributed by atoms with Gasteiger partial charge in [-0.2, -0.15) is 0 Å². The average molecular weight is 357 g/mol. The van der Waals surface area contributed by atoms with E-state index in [1.165, 1.54) is 10.9 Å². The van der Waals surface area contributed by atoms with Gasteiger partial charge in [-0.15, -0.1) is 0 Å². The lowest BCUT2D eigenvalue weighted by Crippen LogP contribution is -2.16. The van der Waals surface area contributed by atoms with Crippen LogP contribution >= 0.6 is 23.1 Å². The summed E-state index contributed by atoms with van der Waals surface area (Å²) in [6.07, 6.45) is 1.65. The summed E-state index contributed by atoms with van der Waals surface area (Å²) in [6, 6.07) is 20.5. The number of hydrogen-bond acceptors (Lipinski definition) is 1. The van der Waals surface area contributed by atoms with Crippen molar-refractivity contribution in [3.05, 3.63) is 70.7 Å². The normalized spacial score (nSPS) is 20.6. The molecule has 0 N–H and O–H groups in total. The summed E-state index contributed by atoms with van der Waals surface area (Å²) in [5, 5.41) is 4.37. The van der Waals surface area contributed by atoms with Crippen LogP contribution in [0.15, 0.2) is 65.1 Å². The first-order chi connectivity index (χ1) is 10.2. The van der Waals surface area contributed by atoms with Crippen LogP contribution in [-0.2, 0) is 11.0 Å². The number of aryl methyl sites for hydroxylation is 1. The second kappa shape index (κ2) is 4.83. The fourth-order valence-electron chi connectivity index (χ4n) is 3.28. The van der Waals surface area contributed by atoms with Gasteiger partial charge in [0.2, 0.25) is 0 Å². The molecule has 1 aliphatic rings. The van der Waals surface area contributed by atoms with Gasteiger partial charge in [-0.3, -0.25) is 0 Å². The predicted octanol–water partition coefficient (Wildman–Crippen LogP) is 4.47. The zero-order chi connectivity index (χ0) is 14.4. The molecule has 104 valence electrons. The fraction of sp³-hybridized carbons (Fsp3) is 0.111. The summed E-state index contributed by atoms with van der Waals surface area (Å²) in [4.78, 5) is 0. The number of halogens is 1. The molecular weight excluding hydrogens is 343 g/mol. The van der Waals surface area contributed by atoms with E-state index in [1.54, 1.807) is 0 Å². The van der Waals surface area contributed by atoms with E-state index in [0.29, 0.717) is 0 Å². The Kier molecular flexibility index (Phi) is 3.06. The molecule has 0 aromatic heterocycles. The Labute approximate surface area is 132 Å². The first-order valence-electron chi connectivity index (χ1n) is 7.05. The van der Waals surface area contributed by atoms with E-state index in [-0.39, 0.29) is 0 Å². The third-order valence-corrected chi connectivity index (χ3v) is 7.98. The maximum atomic E-state index is 13.8. The largest absolute Gasteiger partial charge is 0.314 e. The zero-order valence-corrected chi connectivity index (χ0v) is 13.9. The SMILES string of the molecule is O=P1(c2cccc(Br)c2)CCc2ccc3ccccc3c21. The van der Waals surface area contributed by atoms with E-state index in [0.717, 1.165) is 33.1 Å². The smallest absolute Gasteiger partial charge is 0.144 e. The predicted molar refractivity (Wildman–Crippen MR) is 93.5 cm³/mol. The Morgan fingerprint density at radius 2 is 1.81 bits per heavy atom. The molecule has 1 aliphatic heterocycles. The zero-order valence-electron chi connectivity index (χ0n) is 11.4. The van der Waals surface area contributed by atoms with Gasteiger partial charge < -0.3 is 4.57 Å². The second-order valence-corrected chi connectivity index (χ2v) is 9.29. The van der Waals surface area contributed by atoms with Crippen molar-refractivity contribution in [1.82, 2.24) is 0 Å². The van der Waals surface area contributed by atoms with Crippen molar-refractivity contribution in [2.45, 2.75) is 6.42 Å². The molecule has 1 nitrogen and oxygen atoms in total. The Morgan fingerprint density at radius 3 is 2.67 bits per heavy atom. The van der Waals surface area contributed by atoms with Gasteiger partial charge in [0.1, 0.15) is 7.14 Å². The molecule has 1 atom stereocenters. The second-order valence-electron chi connectivity index (χ2n) is 5.49. The van der Waals surface area contributed by atoms with Crippen LogP contribution in [-0.4, -0.2) is 6.16 Å². The summed E-state index contributed by atoms with van der Waals surface area (Å²) in [5.74, 6) is 0. The monoisotopic (exact) mass is 356 g/mol. The van der Waals surface area contributed by atoms with Gasteiger partial charge in [0, 0.05) is 21.2 Å². The van der Waals surface area contributed by atoms with E-state index in [2.05, 4.69) is 40.2 Å². The van der Waals surface area contributed by atoms with Gasteiger partial charge in [-0.05, 0) is 34.9 Å². The highest BCUT2D eigenvalue weighted by Crippen LogP contribution is 2.51. The van der Waals surface area contributed by atoms with Crippen molar-refractivity contribution < 1.29 is 4.57 Å². The molecule has 0 aliphatic carbocycles. The van der Waals surface area contributed by atoms with Gasteiger partial charge in [0.25, 0.3) is 0 Å². The highest BCUT2D eigenvalue weighted by Gasteiger charge is 2.36. The number of benzene rings is 3. The minimum Gasteiger partial charge on any atom is -0.314 e. The molecule has 0 saturated carbocycles. The Hall–Kier alpha value is -1.37. The molecule has 3 aromatic rings. The summed E-state index contributed by atoms with van der Waals surface area (Å²) in [6.45, 7) is 0. The van der Waals surface area contributed by atoms with Gasteiger partial charge in [-0.1, -0.05) is 64.5 Å². The van der Waals surface area contributed by atoms with Crippen LogP contribution in [0, 0.1) is 0 Å². The van der Waals surface area contributed by atoms with Crippen molar-refractivity contribution in [1.29, 1.82) is 0 Å². The first-order valence-corrected chi connectivity index (χ1v) is 9.73. The molecule has 0 bridgehead atoms. The van der Waals surface area contributed by atoms with Crippen molar-refractivity contribution in [2.24, 2.45) is 0 Å². The fourth-order valence-corrected chi connectivity index (χ4v) is 7.07. The third-order valence-electron chi connectivity index (χ3n) is 4.27. The summed E-state index contributed by atoms with van der Waals surface area (Å²) in [7, 11) is -2.51. The van der Waals surface area contributed by atoms with Crippen LogP contribution in [0.3, 0.4) is 0 Å². The van der Waals surface area contributed by atoms with Gasteiger partial charge in [0.15, 0.2) is 0 Å². The molecule has 3 heteroatoms. The third kappa shape index (κ3) is 2.01. The molecule has 21 heavy (non-hydrogen) atoms. The quantitative estimate of drug-likeness (QED) is 0.588. The van der Waals surface area contributed by atoms with E-state index in [1.807, 2.05) is 36.4 Å². The number of rotatable bonds is 1. The lowest BCUT2D eigenvalue weighted by Gasteiger charge is -2.16. The molecule has 0 amide bonds. The number of hydrogen-bond donors (Lipinski definition) is 0. The minimum absolute atomic E-state index is 0.743. The van der Waals surface area contributed by atoms with Crippen LogP contribution < -0.4 is 10.6 Å². The van der Waals surface area contributed by atoms with Crippen molar-refractivity contribution in [3.8, 4) is 0 Å². The van der Waals surface area contributed by atoms with E-state index in [4.69, 9.17) is 0 Å². The van der Waals surface area contributed by atoms with E-state index in [9.17, 15) is 4.57 Å². The van der Waals surface area contributed by atoms with E-state index < -0.39 is 7.14 Å². The molecule has 0 spiro atoms. The van der Waals surface area contributed by atoms with Gasteiger partial charge in [-0.25, -0.2) is 0 Å². The van der Waals surface area contributed by atoms with Crippen LogP contribution in [0.1, 0.15) is 5.56 Å². The summed E-state index contributed by atoms with van der Waals surface area (Å²) >= 11 is 3.50. The topological polar surface area (TPSA) is 17.1 Å². The lowest BCUT2D eigenvalue weighted by atomic mass is 10.1. The molecule has 0 radical (unpaired) electrons. The first kappa shape index (κ1) is 13.3. The van der Waals surface area contributed by atoms with Crippen molar-refractivity contribution >= 4 is 44.5 Å². The molecule has 1 unspecified atom stereocenters. The summed E-state index contributed by atoms with van der Waals surface area (Å²) in [5.41, 5.74) is 1.25. The number of fused-ring (bicyclic) bond motifs is 3. The molecule has 3 aromatic carbocycles. The van der Waals surface area contributed by atoms with Crippen molar-refractivity contribution in [2.75, 3.05) is 6.16 Å². The lowest BCUT2D eigenvalue weighted by molar-refractivity contribution is 0.588. The Balaban J connectivity index is 2.05.